The molecule has 1 aromatic rings. The molecule has 0 aliphatic rings. The SMILES string of the molecule is COCCN(CCOC)C(=O)C(C)C(N)c1ccccc1. The van der Waals surface area contributed by atoms with E-state index in [2.05, 4.69) is 0 Å². The van der Waals surface area contributed by atoms with Crippen molar-refractivity contribution in [2.24, 2.45) is 11.7 Å². The fourth-order valence-corrected chi connectivity index (χ4v) is 2.14. The number of ether oxygens (including phenoxy) is 2. The van der Waals surface area contributed by atoms with E-state index in [0.29, 0.717) is 26.3 Å². The minimum Gasteiger partial charge on any atom is -0.383 e. The fourth-order valence-electron chi connectivity index (χ4n) is 2.14. The first-order valence-corrected chi connectivity index (χ1v) is 7.19. The molecule has 0 saturated carbocycles. The summed E-state index contributed by atoms with van der Waals surface area (Å²) in [7, 11) is 3.25. The number of carbonyl (C=O) groups excluding carboxylic acids is 1. The molecule has 0 fully saturated rings. The van der Waals surface area contributed by atoms with Crippen LogP contribution in [0.4, 0.5) is 0 Å². The molecular formula is C16H26N2O3. The molecule has 1 aromatic carbocycles. The van der Waals surface area contributed by atoms with Crippen LogP contribution in [0.2, 0.25) is 0 Å². The van der Waals surface area contributed by atoms with E-state index in [1.165, 1.54) is 0 Å². The molecule has 2 N–H and O–H groups in total. The summed E-state index contributed by atoms with van der Waals surface area (Å²) in [5, 5.41) is 0. The average molecular weight is 294 g/mol. The predicted molar refractivity (Wildman–Crippen MR) is 82.9 cm³/mol. The summed E-state index contributed by atoms with van der Waals surface area (Å²) in [4.78, 5) is 14.4. The van der Waals surface area contributed by atoms with Gasteiger partial charge in [-0.3, -0.25) is 4.79 Å². The van der Waals surface area contributed by atoms with E-state index in [0.717, 1.165) is 5.56 Å². The summed E-state index contributed by atoms with van der Waals surface area (Å²) in [6.07, 6.45) is 0. The van der Waals surface area contributed by atoms with Crippen LogP contribution in [0.5, 0.6) is 0 Å². The quantitative estimate of drug-likeness (QED) is 0.748. The molecule has 118 valence electrons. The standard InChI is InChI=1S/C16H26N2O3/c1-13(15(17)14-7-5-4-6-8-14)16(19)18(9-11-20-2)10-12-21-3/h4-8,13,15H,9-12,17H2,1-3H3. The molecular weight excluding hydrogens is 268 g/mol. The number of hydrogen-bond donors (Lipinski definition) is 1. The molecule has 0 saturated heterocycles. The van der Waals surface area contributed by atoms with Crippen molar-refractivity contribution in [3.8, 4) is 0 Å². The smallest absolute Gasteiger partial charge is 0.227 e. The van der Waals surface area contributed by atoms with Crippen molar-refractivity contribution >= 4 is 5.91 Å². The van der Waals surface area contributed by atoms with Gasteiger partial charge in [0.2, 0.25) is 5.91 Å². The van der Waals surface area contributed by atoms with Crippen molar-refractivity contribution in [2.75, 3.05) is 40.5 Å². The van der Waals surface area contributed by atoms with Crippen molar-refractivity contribution in [2.45, 2.75) is 13.0 Å². The molecule has 1 rings (SSSR count). The highest BCUT2D eigenvalue weighted by Gasteiger charge is 2.26. The van der Waals surface area contributed by atoms with Gasteiger partial charge in [-0.05, 0) is 5.56 Å². The molecule has 0 aliphatic heterocycles. The van der Waals surface area contributed by atoms with Gasteiger partial charge in [-0.1, -0.05) is 37.3 Å². The van der Waals surface area contributed by atoms with E-state index in [4.69, 9.17) is 15.2 Å². The van der Waals surface area contributed by atoms with Gasteiger partial charge in [-0.25, -0.2) is 0 Å². The van der Waals surface area contributed by atoms with Gasteiger partial charge in [0, 0.05) is 33.4 Å². The molecule has 0 spiro atoms. The van der Waals surface area contributed by atoms with Crippen molar-refractivity contribution in [3.05, 3.63) is 35.9 Å². The third-order valence-corrected chi connectivity index (χ3v) is 3.56. The lowest BCUT2D eigenvalue weighted by atomic mass is 9.94. The van der Waals surface area contributed by atoms with Crippen LogP contribution in [-0.4, -0.2) is 51.3 Å². The summed E-state index contributed by atoms with van der Waals surface area (Å²) in [6, 6.07) is 9.38. The van der Waals surface area contributed by atoms with Crippen LogP contribution in [-0.2, 0) is 14.3 Å². The Morgan fingerprint density at radius 1 is 1.14 bits per heavy atom. The van der Waals surface area contributed by atoms with Gasteiger partial charge in [-0.15, -0.1) is 0 Å². The Morgan fingerprint density at radius 2 is 1.67 bits per heavy atom. The molecule has 5 nitrogen and oxygen atoms in total. The van der Waals surface area contributed by atoms with Crippen molar-refractivity contribution < 1.29 is 14.3 Å². The van der Waals surface area contributed by atoms with Gasteiger partial charge in [-0.2, -0.15) is 0 Å². The van der Waals surface area contributed by atoms with Crippen LogP contribution in [0.25, 0.3) is 0 Å². The third kappa shape index (κ3) is 5.46. The van der Waals surface area contributed by atoms with E-state index < -0.39 is 0 Å². The molecule has 1 amide bonds. The summed E-state index contributed by atoms with van der Waals surface area (Å²) < 4.78 is 10.1. The van der Waals surface area contributed by atoms with Crippen LogP contribution in [0.1, 0.15) is 18.5 Å². The van der Waals surface area contributed by atoms with Gasteiger partial charge >= 0.3 is 0 Å². The maximum absolute atomic E-state index is 12.6. The first kappa shape index (κ1) is 17.6. The Labute approximate surface area is 127 Å². The predicted octanol–water partition coefficient (Wildman–Crippen LogP) is 1.44. The van der Waals surface area contributed by atoms with E-state index in [1.807, 2.05) is 37.3 Å². The highest BCUT2D eigenvalue weighted by Crippen LogP contribution is 2.21. The zero-order valence-electron chi connectivity index (χ0n) is 13.1. The number of hydrogen-bond acceptors (Lipinski definition) is 4. The van der Waals surface area contributed by atoms with E-state index >= 15 is 0 Å². The largest absolute Gasteiger partial charge is 0.383 e. The molecule has 0 bridgehead atoms. The van der Waals surface area contributed by atoms with Crippen LogP contribution in [0.15, 0.2) is 30.3 Å². The lowest BCUT2D eigenvalue weighted by Gasteiger charge is -2.28. The normalized spacial score (nSPS) is 13.7. The lowest BCUT2D eigenvalue weighted by molar-refractivity contribution is -0.137. The number of amides is 1. The third-order valence-electron chi connectivity index (χ3n) is 3.56. The Morgan fingerprint density at radius 3 is 2.14 bits per heavy atom. The van der Waals surface area contributed by atoms with E-state index in [9.17, 15) is 4.79 Å². The summed E-state index contributed by atoms with van der Waals surface area (Å²) in [5.74, 6) is -0.262. The zero-order chi connectivity index (χ0) is 15.7. The molecule has 0 radical (unpaired) electrons. The molecule has 0 heterocycles. The number of carbonyl (C=O) groups is 1. The van der Waals surface area contributed by atoms with Crippen LogP contribution >= 0.6 is 0 Å². The Hall–Kier alpha value is -1.43. The van der Waals surface area contributed by atoms with Gasteiger partial charge in [0.05, 0.1) is 19.1 Å². The summed E-state index contributed by atoms with van der Waals surface area (Å²) in [6.45, 7) is 3.97. The Bertz CT molecular complexity index is 403. The van der Waals surface area contributed by atoms with E-state index in [-0.39, 0.29) is 17.9 Å². The minimum atomic E-state index is -0.314. The van der Waals surface area contributed by atoms with Gasteiger partial charge in [0.1, 0.15) is 0 Å². The molecule has 21 heavy (non-hydrogen) atoms. The fraction of sp³-hybridized carbons (Fsp3) is 0.562. The monoisotopic (exact) mass is 294 g/mol. The van der Waals surface area contributed by atoms with Gasteiger partial charge < -0.3 is 20.1 Å². The number of rotatable bonds is 9. The maximum Gasteiger partial charge on any atom is 0.227 e. The molecule has 2 atom stereocenters. The van der Waals surface area contributed by atoms with Crippen molar-refractivity contribution in [3.63, 3.8) is 0 Å². The maximum atomic E-state index is 12.6. The highest BCUT2D eigenvalue weighted by atomic mass is 16.5. The van der Waals surface area contributed by atoms with Crippen LogP contribution in [0.3, 0.4) is 0 Å². The molecule has 5 heteroatoms. The Balaban J connectivity index is 2.71. The second-order valence-electron chi connectivity index (χ2n) is 5.04. The second kappa shape index (κ2) is 9.50. The number of nitrogens with two attached hydrogens (primary N) is 1. The number of methoxy groups -OCH3 is 2. The van der Waals surface area contributed by atoms with Crippen molar-refractivity contribution in [1.82, 2.24) is 4.90 Å². The Kier molecular flexibility index (Phi) is 7.97. The topological polar surface area (TPSA) is 64.8 Å². The molecule has 0 aromatic heterocycles. The number of nitrogens with zero attached hydrogens (tertiary/aromatic N) is 1. The highest BCUT2D eigenvalue weighted by molar-refractivity contribution is 5.79. The van der Waals surface area contributed by atoms with Crippen molar-refractivity contribution in [1.29, 1.82) is 0 Å². The zero-order valence-corrected chi connectivity index (χ0v) is 13.1. The summed E-state index contributed by atoms with van der Waals surface area (Å²) >= 11 is 0. The summed E-state index contributed by atoms with van der Waals surface area (Å²) in [5.41, 5.74) is 7.19. The molecule has 0 aliphatic carbocycles. The first-order chi connectivity index (χ1) is 10.1. The second-order valence-corrected chi connectivity index (χ2v) is 5.04. The average Bonchev–Trinajstić information content (AvgIpc) is 2.54. The van der Waals surface area contributed by atoms with E-state index in [1.54, 1.807) is 19.1 Å². The van der Waals surface area contributed by atoms with Gasteiger partial charge in [0.25, 0.3) is 0 Å². The molecule has 2 unspecified atom stereocenters. The van der Waals surface area contributed by atoms with Crippen LogP contribution in [0, 0.1) is 5.92 Å². The van der Waals surface area contributed by atoms with Crippen LogP contribution < -0.4 is 5.73 Å². The lowest BCUT2D eigenvalue weighted by Crippen LogP contribution is -2.42. The first-order valence-electron chi connectivity index (χ1n) is 7.19. The number of benzene rings is 1. The minimum absolute atomic E-state index is 0.0282. The van der Waals surface area contributed by atoms with Gasteiger partial charge in [0.15, 0.2) is 0 Å².